The lowest BCUT2D eigenvalue weighted by Crippen LogP contribution is -2.40. The molecule has 0 spiro atoms. The number of rotatable bonds is 8. The smallest absolute Gasteiger partial charge is 0.191 e. The minimum Gasteiger partial charge on any atom is -0.379 e. The van der Waals surface area contributed by atoms with E-state index >= 15 is 0 Å². The van der Waals surface area contributed by atoms with Gasteiger partial charge in [-0.3, -0.25) is 9.89 Å². The number of hydrogen-bond acceptors (Lipinski definition) is 3. The Hall–Kier alpha value is -2.05. The zero-order valence-electron chi connectivity index (χ0n) is 17.6. The van der Waals surface area contributed by atoms with Crippen molar-refractivity contribution in [2.45, 2.75) is 27.2 Å². The Bertz CT molecular complexity index is 763. The summed E-state index contributed by atoms with van der Waals surface area (Å²) in [6.45, 7) is 14.0. The SMILES string of the molecule is CCNC(=NCC(C)CN1CCOCC1)NCCc1c[nH]c2c(C)cccc12. The highest BCUT2D eigenvalue weighted by molar-refractivity contribution is 5.86. The number of aryl methyl sites for hydroxylation is 1. The number of aromatic amines is 1. The van der Waals surface area contributed by atoms with Crippen LogP contribution in [0.4, 0.5) is 0 Å². The maximum Gasteiger partial charge on any atom is 0.191 e. The normalized spacial score (nSPS) is 17.0. The van der Waals surface area contributed by atoms with E-state index in [1.54, 1.807) is 0 Å². The van der Waals surface area contributed by atoms with E-state index in [0.29, 0.717) is 5.92 Å². The molecule has 6 nitrogen and oxygen atoms in total. The molecular weight excluding hydrogens is 350 g/mol. The van der Waals surface area contributed by atoms with Gasteiger partial charge in [-0.15, -0.1) is 0 Å². The lowest BCUT2D eigenvalue weighted by molar-refractivity contribution is 0.0323. The van der Waals surface area contributed by atoms with Gasteiger partial charge in [-0.25, -0.2) is 0 Å². The van der Waals surface area contributed by atoms with E-state index in [9.17, 15) is 0 Å². The number of aliphatic imine (C=N–C) groups is 1. The lowest BCUT2D eigenvalue weighted by Gasteiger charge is -2.28. The van der Waals surface area contributed by atoms with Gasteiger partial charge in [0, 0.05) is 56.4 Å². The van der Waals surface area contributed by atoms with E-state index in [0.717, 1.165) is 64.9 Å². The highest BCUT2D eigenvalue weighted by atomic mass is 16.5. The van der Waals surface area contributed by atoms with E-state index in [2.05, 4.69) is 65.7 Å². The molecule has 1 saturated heterocycles. The Labute approximate surface area is 168 Å². The van der Waals surface area contributed by atoms with E-state index in [1.165, 1.54) is 22.0 Å². The average Bonchev–Trinajstić information content (AvgIpc) is 3.11. The summed E-state index contributed by atoms with van der Waals surface area (Å²) >= 11 is 0. The van der Waals surface area contributed by atoms with E-state index in [4.69, 9.17) is 9.73 Å². The first-order valence-electron chi connectivity index (χ1n) is 10.5. The van der Waals surface area contributed by atoms with Gasteiger partial charge in [-0.2, -0.15) is 0 Å². The molecule has 1 aliphatic rings. The Balaban J connectivity index is 1.49. The summed E-state index contributed by atoms with van der Waals surface area (Å²) in [5.74, 6) is 1.44. The van der Waals surface area contributed by atoms with E-state index in [1.807, 2.05) is 0 Å². The van der Waals surface area contributed by atoms with E-state index in [-0.39, 0.29) is 0 Å². The summed E-state index contributed by atoms with van der Waals surface area (Å²) in [6, 6.07) is 6.47. The van der Waals surface area contributed by atoms with Gasteiger partial charge >= 0.3 is 0 Å². The molecular formula is C22H35N5O. The molecule has 1 unspecified atom stereocenters. The number of fused-ring (bicyclic) bond motifs is 1. The van der Waals surface area contributed by atoms with Crippen LogP contribution in [0.3, 0.4) is 0 Å². The summed E-state index contributed by atoms with van der Waals surface area (Å²) in [5, 5.41) is 8.18. The summed E-state index contributed by atoms with van der Waals surface area (Å²) in [5.41, 5.74) is 3.89. The number of para-hydroxylation sites is 1. The fourth-order valence-corrected chi connectivity index (χ4v) is 3.76. The molecule has 0 aliphatic carbocycles. The van der Waals surface area contributed by atoms with Gasteiger partial charge in [0.1, 0.15) is 0 Å². The maximum atomic E-state index is 5.43. The number of hydrogen-bond donors (Lipinski definition) is 3. The molecule has 154 valence electrons. The first-order chi connectivity index (χ1) is 13.7. The molecule has 1 fully saturated rings. The third kappa shape index (κ3) is 5.72. The lowest BCUT2D eigenvalue weighted by atomic mass is 10.1. The van der Waals surface area contributed by atoms with Gasteiger partial charge in [0.25, 0.3) is 0 Å². The minimum atomic E-state index is 0.533. The molecule has 1 aromatic carbocycles. The van der Waals surface area contributed by atoms with Crippen LogP contribution in [0.5, 0.6) is 0 Å². The summed E-state index contributed by atoms with van der Waals surface area (Å²) in [4.78, 5) is 10.7. The van der Waals surface area contributed by atoms with Crippen molar-refractivity contribution < 1.29 is 4.74 Å². The fraction of sp³-hybridized carbons (Fsp3) is 0.591. The second kappa shape index (κ2) is 10.5. The van der Waals surface area contributed by atoms with E-state index < -0.39 is 0 Å². The summed E-state index contributed by atoms with van der Waals surface area (Å²) in [6.07, 6.45) is 3.10. The number of morpholine rings is 1. The van der Waals surface area contributed by atoms with Crippen molar-refractivity contribution in [2.24, 2.45) is 10.9 Å². The number of benzene rings is 1. The number of nitrogens with zero attached hydrogens (tertiary/aromatic N) is 2. The largest absolute Gasteiger partial charge is 0.379 e. The van der Waals surface area contributed by atoms with Crippen molar-refractivity contribution in [2.75, 3.05) is 52.5 Å². The number of H-pyrrole nitrogens is 1. The zero-order chi connectivity index (χ0) is 19.8. The van der Waals surface area contributed by atoms with Crippen molar-refractivity contribution >= 4 is 16.9 Å². The van der Waals surface area contributed by atoms with Crippen molar-refractivity contribution in [3.05, 3.63) is 35.5 Å². The number of nitrogens with one attached hydrogen (secondary N) is 3. The predicted molar refractivity (Wildman–Crippen MR) is 117 cm³/mol. The number of ether oxygens (including phenoxy) is 1. The molecule has 28 heavy (non-hydrogen) atoms. The van der Waals surface area contributed by atoms with Crippen molar-refractivity contribution in [3.63, 3.8) is 0 Å². The predicted octanol–water partition coefficient (Wildman–Crippen LogP) is 2.54. The molecule has 1 aliphatic heterocycles. The molecule has 3 rings (SSSR count). The Morgan fingerprint density at radius 1 is 1.29 bits per heavy atom. The molecule has 2 heterocycles. The third-order valence-corrected chi connectivity index (χ3v) is 5.28. The molecule has 1 aromatic heterocycles. The number of guanidine groups is 1. The molecule has 1 atom stereocenters. The van der Waals surface area contributed by atoms with Crippen LogP contribution in [0.15, 0.2) is 29.4 Å². The average molecular weight is 386 g/mol. The Morgan fingerprint density at radius 2 is 2.11 bits per heavy atom. The Morgan fingerprint density at radius 3 is 2.89 bits per heavy atom. The van der Waals surface area contributed by atoms with Crippen molar-refractivity contribution in [1.29, 1.82) is 0 Å². The van der Waals surface area contributed by atoms with Gasteiger partial charge in [-0.05, 0) is 37.3 Å². The highest BCUT2D eigenvalue weighted by Crippen LogP contribution is 2.21. The summed E-state index contributed by atoms with van der Waals surface area (Å²) < 4.78 is 5.43. The van der Waals surface area contributed by atoms with Crippen LogP contribution in [0.1, 0.15) is 25.0 Å². The molecule has 0 radical (unpaired) electrons. The van der Waals surface area contributed by atoms with Crippen LogP contribution in [0.25, 0.3) is 10.9 Å². The molecule has 2 aromatic rings. The quantitative estimate of drug-likeness (QED) is 0.483. The standard InChI is InChI=1S/C22H35N5O/c1-4-23-22(26-14-17(2)16-27-10-12-28-13-11-27)24-9-8-19-15-25-21-18(3)6-5-7-20(19)21/h5-7,15,17,25H,4,8-14,16H2,1-3H3,(H2,23,24,26). The molecule has 0 saturated carbocycles. The Kier molecular flexibility index (Phi) is 7.74. The molecule has 6 heteroatoms. The van der Waals surface area contributed by atoms with Crippen molar-refractivity contribution in [1.82, 2.24) is 20.5 Å². The van der Waals surface area contributed by atoms with Gasteiger partial charge in [0.2, 0.25) is 0 Å². The van der Waals surface area contributed by atoms with Gasteiger partial charge in [0.05, 0.1) is 13.2 Å². The van der Waals surface area contributed by atoms with Gasteiger partial charge in [0.15, 0.2) is 5.96 Å². The van der Waals surface area contributed by atoms with Crippen LogP contribution in [-0.2, 0) is 11.2 Å². The van der Waals surface area contributed by atoms with Crippen LogP contribution in [0, 0.1) is 12.8 Å². The first kappa shape index (κ1) is 20.7. The van der Waals surface area contributed by atoms with Crippen LogP contribution in [0.2, 0.25) is 0 Å². The van der Waals surface area contributed by atoms with Crippen LogP contribution in [-0.4, -0.2) is 68.3 Å². The van der Waals surface area contributed by atoms with Gasteiger partial charge in [-0.1, -0.05) is 25.1 Å². The first-order valence-corrected chi connectivity index (χ1v) is 10.5. The van der Waals surface area contributed by atoms with Gasteiger partial charge < -0.3 is 20.4 Å². The van der Waals surface area contributed by atoms with Crippen molar-refractivity contribution in [3.8, 4) is 0 Å². The fourth-order valence-electron chi connectivity index (χ4n) is 3.76. The van der Waals surface area contributed by atoms with Crippen LogP contribution < -0.4 is 10.6 Å². The summed E-state index contributed by atoms with van der Waals surface area (Å²) in [7, 11) is 0. The molecule has 0 amide bonds. The third-order valence-electron chi connectivity index (χ3n) is 5.28. The molecule has 3 N–H and O–H groups in total. The van der Waals surface area contributed by atoms with Crippen LogP contribution >= 0.6 is 0 Å². The zero-order valence-corrected chi connectivity index (χ0v) is 17.6. The second-order valence-electron chi connectivity index (χ2n) is 7.73. The molecule has 0 bridgehead atoms. The highest BCUT2D eigenvalue weighted by Gasteiger charge is 2.13. The monoisotopic (exact) mass is 385 g/mol. The maximum absolute atomic E-state index is 5.43. The minimum absolute atomic E-state index is 0.533. The topological polar surface area (TPSA) is 64.7 Å². The second-order valence-corrected chi connectivity index (χ2v) is 7.73. The number of aromatic nitrogens is 1.